The number of aliphatic hydroxyl groups is 1. The van der Waals surface area contributed by atoms with Gasteiger partial charge < -0.3 is 19.5 Å². The topological polar surface area (TPSA) is 76.1 Å². The summed E-state index contributed by atoms with van der Waals surface area (Å²) in [6.45, 7) is 0.450. The molecule has 1 aliphatic rings. The Morgan fingerprint density at radius 1 is 1.26 bits per heavy atom. The van der Waals surface area contributed by atoms with Crippen LogP contribution in [0.1, 0.15) is 24.8 Å². The van der Waals surface area contributed by atoms with Crippen LogP contribution in [0.15, 0.2) is 30.3 Å². The number of benzene rings is 1. The normalized spacial score (nSPS) is 20.9. The lowest BCUT2D eigenvalue weighted by atomic mass is 9.91. The highest BCUT2D eigenvalue weighted by molar-refractivity contribution is 5.75. The number of ether oxygens (including phenoxy) is 2. The van der Waals surface area contributed by atoms with Gasteiger partial charge in [-0.15, -0.1) is 0 Å². The largest absolute Gasteiger partial charge is 0.469 e. The summed E-state index contributed by atoms with van der Waals surface area (Å²) in [5.74, 6) is -0.646. The average molecular weight is 321 g/mol. The van der Waals surface area contributed by atoms with Crippen LogP contribution in [0, 0.1) is 5.92 Å². The molecular formula is C17H23NO5. The van der Waals surface area contributed by atoms with Gasteiger partial charge in [0.2, 0.25) is 0 Å². The Balaban J connectivity index is 1.98. The lowest BCUT2D eigenvalue weighted by Gasteiger charge is -2.37. The molecule has 2 rings (SSSR count). The minimum atomic E-state index is -0.457. The van der Waals surface area contributed by atoms with Gasteiger partial charge in [0, 0.05) is 19.2 Å². The molecule has 0 bridgehead atoms. The molecular weight excluding hydrogens is 298 g/mol. The maximum Gasteiger partial charge on any atom is 0.410 e. The van der Waals surface area contributed by atoms with Gasteiger partial charge in [-0.3, -0.25) is 4.79 Å². The van der Waals surface area contributed by atoms with Crippen LogP contribution in [-0.2, 0) is 20.9 Å². The van der Waals surface area contributed by atoms with Crippen LogP contribution < -0.4 is 0 Å². The van der Waals surface area contributed by atoms with Crippen molar-refractivity contribution in [3.63, 3.8) is 0 Å². The molecule has 1 aromatic carbocycles. The molecule has 1 heterocycles. The molecule has 0 aliphatic carbocycles. The van der Waals surface area contributed by atoms with Gasteiger partial charge in [0.15, 0.2) is 0 Å². The van der Waals surface area contributed by atoms with Crippen molar-refractivity contribution in [3.8, 4) is 0 Å². The molecule has 126 valence electrons. The number of aliphatic hydroxyl groups excluding tert-OH is 1. The summed E-state index contributed by atoms with van der Waals surface area (Å²) < 4.78 is 10.1. The predicted octanol–water partition coefficient (Wildman–Crippen LogP) is 1.96. The van der Waals surface area contributed by atoms with Crippen molar-refractivity contribution in [2.45, 2.75) is 31.9 Å². The number of hydrogen-bond acceptors (Lipinski definition) is 5. The molecule has 2 atom stereocenters. The molecule has 1 aromatic rings. The van der Waals surface area contributed by atoms with Gasteiger partial charge in [-0.2, -0.15) is 0 Å². The zero-order valence-electron chi connectivity index (χ0n) is 13.3. The van der Waals surface area contributed by atoms with E-state index in [2.05, 4.69) is 0 Å². The van der Waals surface area contributed by atoms with Crippen molar-refractivity contribution in [3.05, 3.63) is 35.9 Å². The number of rotatable bonds is 5. The van der Waals surface area contributed by atoms with Crippen molar-refractivity contribution in [1.29, 1.82) is 0 Å². The third-order valence-electron chi connectivity index (χ3n) is 4.14. The van der Waals surface area contributed by atoms with Crippen molar-refractivity contribution in [1.82, 2.24) is 4.90 Å². The first-order valence-electron chi connectivity index (χ1n) is 7.81. The summed E-state index contributed by atoms with van der Waals surface area (Å²) in [6.07, 6.45) is 1.33. The van der Waals surface area contributed by atoms with E-state index in [0.717, 1.165) is 5.56 Å². The molecule has 1 saturated heterocycles. The molecule has 6 nitrogen and oxygen atoms in total. The fourth-order valence-electron chi connectivity index (χ4n) is 2.86. The number of hydrogen-bond donors (Lipinski definition) is 1. The number of amides is 1. The van der Waals surface area contributed by atoms with Crippen LogP contribution in [0.4, 0.5) is 4.79 Å². The van der Waals surface area contributed by atoms with E-state index in [1.165, 1.54) is 7.11 Å². The Morgan fingerprint density at radius 2 is 2.00 bits per heavy atom. The molecule has 0 spiro atoms. The molecule has 0 saturated carbocycles. The van der Waals surface area contributed by atoms with Gasteiger partial charge in [-0.1, -0.05) is 30.3 Å². The number of nitrogens with zero attached hydrogens (tertiary/aromatic N) is 1. The van der Waals surface area contributed by atoms with Gasteiger partial charge in [-0.25, -0.2) is 4.79 Å². The lowest BCUT2D eigenvalue weighted by molar-refractivity contribution is -0.147. The van der Waals surface area contributed by atoms with Gasteiger partial charge in [0.1, 0.15) is 6.61 Å². The summed E-state index contributed by atoms with van der Waals surface area (Å²) in [5.41, 5.74) is 0.904. The van der Waals surface area contributed by atoms with E-state index in [1.54, 1.807) is 4.90 Å². The number of likely N-dealkylation sites (tertiary alicyclic amines) is 1. The molecule has 1 aliphatic heterocycles. The van der Waals surface area contributed by atoms with Crippen LogP contribution in [0.3, 0.4) is 0 Å². The first kappa shape index (κ1) is 17.3. The third-order valence-corrected chi connectivity index (χ3v) is 4.14. The monoisotopic (exact) mass is 321 g/mol. The van der Waals surface area contributed by atoms with Crippen LogP contribution in [0.5, 0.6) is 0 Å². The third kappa shape index (κ3) is 4.69. The Kier molecular flexibility index (Phi) is 6.40. The predicted molar refractivity (Wildman–Crippen MR) is 83.6 cm³/mol. The van der Waals surface area contributed by atoms with Crippen molar-refractivity contribution in [2.24, 2.45) is 5.92 Å². The van der Waals surface area contributed by atoms with E-state index >= 15 is 0 Å². The quantitative estimate of drug-likeness (QED) is 0.839. The van der Waals surface area contributed by atoms with E-state index in [-0.39, 0.29) is 37.7 Å². The van der Waals surface area contributed by atoms with Gasteiger partial charge >= 0.3 is 12.1 Å². The maximum atomic E-state index is 12.4. The first-order valence-corrected chi connectivity index (χ1v) is 7.81. The summed E-state index contributed by atoms with van der Waals surface area (Å²) in [6, 6.07) is 9.31. The number of methoxy groups -OCH3 is 1. The summed E-state index contributed by atoms with van der Waals surface area (Å²) in [5, 5.41) is 9.18. The summed E-state index contributed by atoms with van der Waals surface area (Å²) in [7, 11) is 1.35. The summed E-state index contributed by atoms with van der Waals surface area (Å²) in [4.78, 5) is 25.7. The Bertz CT molecular complexity index is 519. The van der Waals surface area contributed by atoms with Crippen LogP contribution >= 0.6 is 0 Å². The Hall–Kier alpha value is -2.08. The average Bonchev–Trinajstić information content (AvgIpc) is 2.60. The molecule has 1 fully saturated rings. The van der Waals surface area contributed by atoms with E-state index in [0.29, 0.717) is 19.3 Å². The SMILES string of the molecule is COC(=O)C1CCC(CCO)N(C(=O)OCc2ccccc2)C1. The molecule has 23 heavy (non-hydrogen) atoms. The van der Waals surface area contributed by atoms with Gasteiger partial charge in [-0.05, 0) is 24.8 Å². The maximum absolute atomic E-state index is 12.4. The lowest BCUT2D eigenvalue weighted by Crippen LogP contribution is -2.49. The summed E-state index contributed by atoms with van der Waals surface area (Å²) >= 11 is 0. The zero-order chi connectivity index (χ0) is 16.7. The molecule has 1 N–H and O–H groups in total. The second-order valence-electron chi connectivity index (χ2n) is 5.66. The minimum absolute atomic E-state index is 0.00395. The van der Waals surface area contributed by atoms with Crippen molar-refractivity contribution < 1.29 is 24.2 Å². The van der Waals surface area contributed by atoms with Gasteiger partial charge in [0.25, 0.3) is 0 Å². The van der Waals surface area contributed by atoms with E-state index in [9.17, 15) is 14.7 Å². The highest BCUT2D eigenvalue weighted by atomic mass is 16.6. The fraction of sp³-hybridized carbons (Fsp3) is 0.529. The number of carbonyl (C=O) groups is 2. The molecule has 0 radical (unpaired) electrons. The van der Waals surface area contributed by atoms with E-state index in [1.807, 2.05) is 30.3 Å². The van der Waals surface area contributed by atoms with Crippen molar-refractivity contribution >= 4 is 12.1 Å². The standard InChI is InChI=1S/C17H23NO5/c1-22-16(20)14-7-8-15(9-10-19)18(11-14)17(21)23-12-13-5-3-2-4-6-13/h2-6,14-15,19H,7-12H2,1H3. The van der Waals surface area contributed by atoms with Crippen LogP contribution in [0.2, 0.25) is 0 Å². The number of carbonyl (C=O) groups excluding carboxylic acids is 2. The van der Waals surface area contributed by atoms with Crippen molar-refractivity contribution in [2.75, 3.05) is 20.3 Å². The molecule has 6 heteroatoms. The molecule has 2 unspecified atom stereocenters. The van der Waals surface area contributed by atoms with E-state index < -0.39 is 6.09 Å². The number of piperidine rings is 1. The first-order chi connectivity index (χ1) is 11.2. The molecule has 0 aromatic heterocycles. The van der Waals surface area contributed by atoms with E-state index in [4.69, 9.17) is 9.47 Å². The smallest absolute Gasteiger partial charge is 0.410 e. The van der Waals surface area contributed by atoms with Crippen LogP contribution in [-0.4, -0.2) is 48.4 Å². The second-order valence-corrected chi connectivity index (χ2v) is 5.66. The Morgan fingerprint density at radius 3 is 2.65 bits per heavy atom. The second kappa shape index (κ2) is 8.53. The Labute approximate surface area is 136 Å². The highest BCUT2D eigenvalue weighted by Crippen LogP contribution is 2.25. The van der Waals surface area contributed by atoms with Gasteiger partial charge in [0.05, 0.1) is 13.0 Å². The fourth-order valence-corrected chi connectivity index (χ4v) is 2.86. The number of esters is 1. The zero-order valence-corrected chi connectivity index (χ0v) is 13.3. The minimum Gasteiger partial charge on any atom is -0.469 e. The molecule has 1 amide bonds. The highest BCUT2D eigenvalue weighted by Gasteiger charge is 2.35. The van der Waals surface area contributed by atoms with Crippen LogP contribution in [0.25, 0.3) is 0 Å².